The molecule has 0 radical (unpaired) electrons. The van der Waals surface area contributed by atoms with Crippen LogP contribution in [0.5, 0.6) is 5.75 Å². The van der Waals surface area contributed by atoms with Crippen molar-refractivity contribution in [3.63, 3.8) is 0 Å². The van der Waals surface area contributed by atoms with Gasteiger partial charge in [0.2, 0.25) is 0 Å². The molecule has 0 unspecified atom stereocenters. The minimum absolute atomic E-state index is 0.232. The summed E-state index contributed by atoms with van der Waals surface area (Å²) in [6.07, 6.45) is 1.36. The van der Waals surface area contributed by atoms with Crippen molar-refractivity contribution in [2.75, 3.05) is 11.9 Å². The first-order valence-electron chi connectivity index (χ1n) is 7.41. The van der Waals surface area contributed by atoms with E-state index in [1.54, 1.807) is 18.2 Å². The molecule has 120 valence electrons. The molecule has 0 fully saturated rings. The number of thiazole rings is 1. The fourth-order valence-electron chi connectivity index (χ4n) is 2.38. The Morgan fingerprint density at radius 3 is 3.04 bits per heavy atom. The standard InChI is InChI=1S/C17H13N3O3S/c1-2-22-11-4-5-12-15(8-11)24-17(19-12)20-16(21)10-3-6-14-13(7-10)18-9-23-14/h3-9H,2H2,1H3,(H,19,20,21). The minimum Gasteiger partial charge on any atom is -0.494 e. The first-order valence-corrected chi connectivity index (χ1v) is 8.22. The van der Waals surface area contributed by atoms with Crippen LogP contribution in [0.3, 0.4) is 0 Å². The van der Waals surface area contributed by atoms with Crippen molar-refractivity contribution >= 4 is 43.7 Å². The lowest BCUT2D eigenvalue weighted by Gasteiger charge is -2.00. The quantitative estimate of drug-likeness (QED) is 0.606. The van der Waals surface area contributed by atoms with Crippen LogP contribution in [0.15, 0.2) is 47.2 Å². The van der Waals surface area contributed by atoms with E-state index in [1.807, 2.05) is 25.1 Å². The van der Waals surface area contributed by atoms with Gasteiger partial charge in [0.15, 0.2) is 17.1 Å². The number of nitrogens with one attached hydrogen (secondary N) is 1. The molecule has 4 rings (SSSR count). The van der Waals surface area contributed by atoms with Crippen LogP contribution < -0.4 is 10.1 Å². The molecule has 0 bridgehead atoms. The number of benzene rings is 2. The Morgan fingerprint density at radius 2 is 2.17 bits per heavy atom. The molecular weight excluding hydrogens is 326 g/mol. The van der Waals surface area contributed by atoms with Crippen LogP contribution in [-0.2, 0) is 0 Å². The maximum absolute atomic E-state index is 12.4. The van der Waals surface area contributed by atoms with Gasteiger partial charge in [0.25, 0.3) is 5.91 Å². The summed E-state index contributed by atoms with van der Waals surface area (Å²) in [7, 11) is 0. The largest absolute Gasteiger partial charge is 0.494 e. The molecule has 7 heteroatoms. The average molecular weight is 339 g/mol. The number of carbonyl (C=O) groups is 1. The Balaban J connectivity index is 1.59. The number of oxazole rings is 1. The van der Waals surface area contributed by atoms with Crippen LogP contribution in [0.2, 0.25) is 0 Å². The van der Waals surface area contributed by atoms with Crippen molar-refractivity contribution < 1.29 is 13.9 Å². The van der Waals surface area contributed by atoms with E-state index in [-0.39, 0.29) is 5.91 Å². The maximum Gasteiger partial charge on any atom is 0.257 e. The summed E-state index contributed by atoms with van der Waals surface area (Å²) in [4.78, 5) is 20.9. The molecular formula is C17H13N3O3S. The van der Waals surface area contributed by atoms with Crippen molar-refractivity contribution in [3.8, 4) is 5.75 Å². The summed E-state index contributed by atoms with van der Waals surface area (Å²) in [5, 5.41) is 3.37. The zero-order valence-corrected chi connectivity index (χ0v) is 13.6. The Morgan fingerprint density at radius 1 is 1.25 bits per heavy atom. The van der Waals surface area contributed by atoms with E-state index in [0.717, 1.165) is 16.0 Å². The molecule has 0 saturated heterocycles. The van der Waals surface area contributed by atoms with Crippen LogP contribution in [-0.4, -0.2) is 22.5 Å². The Kier molecular flexibility index (Phi) is 3.62. The van der Waals surface area contributed by atoms with E-state index in [4.69, 9.17) is 9.15 Å². The Bertz CT molecular complexity index is 1040. The first kappa shape index (κ1) is 14.6. The number of nitrogens with zero attached hydrogens (tertiary/aromatic N) is 2. The number of amides is 1. The third-order valence-electron chi connectivity index (χ3n) is 3.48. The summed E-state index contributed by atoms with van der Waals surface area (Å²) in [5.41, 5.74) is 2.62. The fraction of sp³-hybridized carbons (Fsp3) is 0.118. The SMILES string of the molecule is CCOc1ccc2nc(NC(=O)c3ccc4ocnc4c3)sc2c1. The van der Waals surface area contributed by atoms with Gasteiger partial charge in [0, 0.05) is 5.56 Å². The van der Waals surface area contributed by atoms with Gasteiger partial charge in [-0.2, -0.15) is 0 Å². The predicted molar refractivity (Wildman–Crippen MR) is 92.8 cm³/mol. The molecule has 0 aliphatic carbocycles. The second-order valence-corrected chi connectivity index (χ2v) is 6.10. The molecule has 2 aromatic heterocycles. The van der Waals surface area contributed by atoms with Crippen molar-refractivity contribution in [2.45, 2.75) is 6.92 Å². The highest BCUT2D eigenvalue weighted by molar-refractivity contribution is 7.22. The first-order chi connectivity index (χ1) is 11.7. The lowest BCUT2D eigenvalue weighted by molar-refractivity contribution is 0.102. The molecule has 0 aliphatic rings. The molecule has 1 amide bonds. The molecule has 2 aromatic carbocycles. The van der Waals surface area contributed by atoms with E-state index in [1.165, 1.54) is 17.7 Å². The summed E-state index contributed by atoms with van der Waals surface area (Å²) in [6.45, 7) is 2.55. The zero-order valence-electron chi connectivity index (χ0n) is 12.8. The van der Waals surface area contributed by atoms with Crippen LogP contribution in [0.4, 0.5) is 5.13 Å². The number of rotatable bonds is 4. The summed E-state index contributed by atoms with van der Waals surface area (Å²) in [6, 6.07) is 10.8. The van der Waals surface area contributed by atoms with Gasteiger partial charge in [0.05, 0.1) is 16.8 Å². The Labute approximate surface area is 141 Å². The predicted octanol–water partition coefficient (Wildman–Crippen LogP) is 4.09. The van der Waals surface area contributed by atoms with E-state index >= 15 is 0 Å². The molecule has 4 aromatic rings. The van der Waals surface area contributed by atoms with Gasteiger partial charge < -0.3 is 9.15 Å². The van der Waals surface area contributed by atoms with E-state index < -0.39 is 0 Å². The van der Waals surface area contributed by atoms with Crippen molar-refractivity contribution in [3.05, 3.63) is 48.4 Å². The van der Waals surface area contributed by atoms with E-state index in [2.05, 4.69) is 15.3 Å². The highest BCUT2D eigenvalue weighted by atomic mass is 32.1. The molecule has 24 heavy (non-hydrogen) atoms. The molecule has 0 aliphatic heterocycles. The highest BCUT2D eigenvalue weighted by Crippen LogP contribution is 2.29. The van der Waals surface area contributed by atoms with Gasteiger partial charge in [-0.25, -0.2) is 9.97 Å². The average Bonchev–Trinajstić information content (AvgIpc) is 3.19. The lowest BCUT2D eigenvalue weighted by Crippen LogP contribution is -2.11. The van der Waals surface area contributed by atoms with Gasteiger partial charge in [-0.15, -0.1) is 0 Å². The van der Waals surface area contributed by atoms with Gasteiger partial charge in [-0.1, -0.05) is 11.3 Å². The number of anilines is 1. The van der Waals surface area contributed by atoms with Crippen LogP contribution in [0.25, 0.3) is 21.3 Å². The molecule has 0 spiro atoms. The summed E-state index contributed by atoms with van der Waals surface area (Å²) < 4.78 is 11.6. The molecule has 6 nitrogen and oxygen atoms in total. The van der Waals surface area contributed by atoms with Crippen molar-refractivity contribution in [2.24, 2.45) is 0 Å². The topological polar surface area (TPSA) is 77.2 Å². The van der Waals surface area contributed by atoms with Crippen LogP contribution >= 0.6 is 11.3 Å². The Hall–Kier alpha value is -2.93. The van der Waals surface area contributed by atoms with Crippen LogP contribution in [0, 0.1) is 0 Å². The van der Waals surface area contributed by atoms with Gasteiger partial charge in [-0.3, -0.25) is 10.1 Å². The molecule has 1 N–H and O–H groups in total. The van der Waals surface area contributed by atoms with Gasteiger partial charge >= 0.3 is 0 Å². The minimum atomic E-state index is -0.232. The lowest BCUT2D eigenvalue weighted by atomic mass is 10.2. The number of hydrogen-bond donors (Lipinski definition) is 1. The zero-order chi connectivity index (χ0) is 16.5. The van der Waals surface area contributed by atoms with E-state index in [9.17, 15) is 4.79 Å². The number of aromatic nitrogens is 2. The highest BCUT2D eigenvalue weighted by Gasteiger charge is 2.12. The monoisotopic (exact) mass is 339 g/mol. The fourth-order valence-corrected chi connectivity index (χ4v) is 3.27. The van der Waals surface area contributed by atoms with Crippen molar-refractivity contribution in [1.29, 1.82) is 0 Å². The third-order valence-corrected chi connectivity index (χ3v) is 4.42. The molecule has 2 heterocycles. The number of hydrogen-bond acceptors (Lipinski definition) is 6. The maximum atomic E-state index is 12.4. The van der Waals surface area contributed by atoms with E-state index in [0.29, 0.717) is 28.4 Å². The van der Waals surface area contributed by atoms with Gasteiger partial charge in [-0.05, 0) is 43.3 Å². The number of fused-ring (bicyclic) bond motifs is 2. The number of carbonyl (C=O) groups excluding carboxylic acids is 1. The number of ether oxygens (including phenoxy) is 1. The van der Waals surface area contributed by atoms with Crippen molar-refractivity contribution in [1.82, 2.24) is 9.97 Å². The summed E-state index contributed by atoms with van der Waals surface area (Å²) >= 11 is 1.41. The molecule has 0 atom stereocenters. The smallest absolute Gasteiger partial charge is 0.257 e. The second kappa shape index (κ2) is 5.93. The third kappa shape index (κ3) is 2.69. The summed E-state index contributed by atoms with van der Waals surface area (Å²) in [5.74, 6) is 0.562. The molecule has 0 saturated carbocycles. The normalized spacial score (nSPS) is 11.0. The van der Waals surface area contributed by atoms with Gasteiger partial charge in [0.1, 0.15) is 11.3 Å². The second-order valence-electron chi connectivity index (χ2n) is 5.07. The van der Waals surface area contributed by atoms with Crippen LogP contribution in [0.1, 0.15) is 17.3 Å².